The average Bonchev–Trinajstić information content (AvgIpc) is 2.36. The zero-order valence-corrected chi connectivity index (χ0v) is 11.9. The van der Waals surface area contributed by atoms with Crippen molar-refractivity contribution in [2.24, 2.45) is 5.92 Å². The van der Waals surface area contributed by atoms with E-state index in [1.54, 1.807) is 0 Å². The van der Waals surface area contributed by atoms with Gasteiger partial charge in [0, 0.05) is 6.54 Å². The first-order valence-corrected chi connectivity index (χ1v) is 8.46. The summed E-state index contributed by atoms with van der Waals surface area (Å²) < 4.78 is 38.4. The minimum atomic E-state index is -3.39. The summed E-state index contributed by atoms with van der Waals surface area (Å²) >= 11 is 0. The van der Waals surface area contributed by atoms with E-state index in [-0.39, 0.29) is 0 Å². The van der Waals surface area contributed by atoms with Crippen molar-refractivity contribution in [1.29, 1.82) is 0 Å². The molecular formula is C14H19FNO2S. The predicted octanol–water partition coefficient (Wildman–Crippen LogP) is 2.97. The molecule has 0 heterocycles. The minimum absolute atomic E-state index is 0.367. The number of nitrogens with zero attached hydrogens (tertiary/aromatic N) is 1. The Morgan fingerprint density at radius 2 is 2.00 bits per heavy atom. The highest BCUT2D eigenvalue weighted by Gasteiger charge is 2.23. The number of sulfonamides is 1. The van der Waals surface area contributed by atoms with Crippen LogP contribution in [0.3, 0.4) is 0 Å². The van der Waals surface area contributed by atoms with E-state index in [0.717, 1.165) is 25.7 Å². The molecule has 2 rings (SSSR count). The third-order valence-corrected chi connectivity index (χ3v) is 4.74. The molecule has 1 saturated carbocycles. The summed E-state index contributed by atoms with van der Waals surface area (Å²) in [7, 11) is -3.39. The Labute approximate surface area is 114 Å². The fraction of sp³-hybridized carbons (Fsp3) is 0.571. The van der Waals surface area contributed by atoms with Gasteiger partial charge in [-0.25, -0.2) is 12.8 Å². The van der Waals surface area contributed by atoms with Crippen LogP contribution in [0.4, 0.5) is 10.1 Å². The van der Waals surface area contributed by atoms with E-state index in [4.69, 9.17) is 0 Å². The summed E-state index contributed by atoms with van der Waals surface area (Å²) in [6, 6.07) is 6.61. The van der Waals surface area contributed by atoms with E-state index in [1.807, 2.05) is 0 Å². The number of halogens is 1. The summed E-state index contributed by atoms with van der Waals surface area (Å²) in [5.41, 5.74) is 0.369. The van der Waals surface area contributed by atoms with E-state index < -0.39 is 15.8 Å². The molecule has 1 aromatic carbocycles. The summed E-state index contributed by atoms with van der Waals surface area (Å²) in [4.78, 5) is 0. The zero-order chi connectivity index (χ0) is 13.9. The monoisotopic (exact) mass is 284 g/mol. The highest BCUT2D eigenvalue weighted by molar-refractivity contribution is 7.92. The molecule has 105 valence electrons. The Morgan fingerprint density at radius 1 is 1.32 bits per heavy atom. The van der Waals surface area contributed by atoms with Gasteiger partial charge in [-0.3, -0.25) is 4.31 Å². The van der Waals surface area contributed by atoms with E-state index in [0.29, 0.717) is 18.2 Å². The first-order chi connectivity index (χ1) is 8.97. The highest BCUT2D eigenvalue weighted by atomic mass is 32.2. The predicted molar refractivity (Wildman–Crippen MR) is 74.0 cm³/mol. The van der Waals surface area contributed by atoms with Gasteiger partial charge in [0.05, 0.1) is 11.9 Å². The van der Waals surface area contributed by atoms with Crippen LogP contribution in [0.5, 0.6) is 0 Å². The molecule has 19 heavy (non-hydrogen) atoms. The molecule has 0 atom stereocenters. The molecule has 0 spiro atoms. The molecule has 3 nitrogen and oxygen atoms in total. The zero-order valence-electron chi connectivity index (χ0n) is 11.1. The molecule has 5 heteroatoms. The minimum Gasteiger partial charge on any atom is -0.270 e. The van der Waals surface area contributed by atoms with Crippen LogP contribution < -0.4 is 4.31 Å². The normalized spacial score (nSPS) is 17.4. The van der Waals surface area contributed by atoms with E-state index in [2.05, 4.69) is 6.07 Å². The molecule has 1 radical (unpaired) electrons. The third kappa shape index (κ3) is 3.93. The van der Waals surface area contributed by atoms with Crippen molar-refractivity contribution >= 4 is 15.7 Å². The Balaban J connectivity index is 2.21. The van der Waals surface area contributed by atoms with Crippen molar-refractivity contribution in [3.05, 3.63) is 30.1 Å². The number of hydrogen-bond acceptors (Lipinski definition) is 2. The molecular weight excluding hydrogens is 265 g/mol. The Morgan fingerprint density at radius 3 is 2.58 bits per heavy atom. The van der Waals surface area contributed by atoms with Crippen molar-refractivity contribution in [1.82, 2.24) is 0 Å². The van der Waals surface area contributed by atoms with Gasteiger partial charge in [-0.1, -0.05) is 19.3 Å². The Hall–Kier alpha value is -1.10. The molecule has 1 fully saturated rings. The van der Waals surface area contributed by atoms with Crippen molar-refractivity contribution in [3.63, 3.8) is 0 Å². The lowest BCUT2D eigenvalue weighted by Gasteiger charge is -2.29. The maximum absolute atomic E-state index is 13.2. The van der Waals surface area contributed by atoms with Gasteiger partial charge in [0.2, 0.25) is 10.0 Å². The Bertz CT molecular complexity index is 524. The van der Waals surface area contributed by atoms with Crippen LogP contribution in [0, 0.1) is 17.8 Å². The van der Waals surface area contributed by atoms with Crippen LogP contribution in [-0.4, -0.2) is 21.2 Å². The molecule has 0 aliphatic heterocycles. The first-order valence-electron chi connectivity index (χ1n) is 6.61. The van der Waals surface area contributed by atoms with Gasteiger partial charge in [0.15, 0.2) is 0 Å². The standard InChI is InChI=1S/C14H19FNO2S/c1-19(17,18)16(11-12-6-3-2-4-7-12)14-9-5-8-13(15)10-14/h8-10,12H,2-4,6-7,11H2,1H3. The fourth-order valence-corrected chi connectivity index (χ4v) is 3.58. The summed E-state index contributed by atoms with van der Waals surface area (Å²) in [5, 5.41) is 0. The number of rotatable bonds is 4. The van der Waals surface area contributed by atoms with Crippen molar-refractivity contribution in [2.75, 3.05) is 17.1 Å². The van der Waals surface area contributed by atoms with Gasteiger partial charge < -0.3 is 0 Å². The third-order valence-electron chi connectivity index (χ3n) is 3.58. The van der Waals surface area contributed by atoms with Crippen LogP contribution in [-0.2, 0) is 10.0 Å². The lowest BCUT2D eigenvalue weighted by molar-refractivity contribution is 0.366. The maximum Gasteiger partial charge on any atom is 0.232 e. The first kappa shape index (κ1) is 14.3. The molecule has 0 N–H and O–H groups in total. The topological polar surface area (TPSA) is 37.4 Å². The summed E-state index contributed by atoms with van der Waals surface area (Å²) in [5.74, 6) is -0.0958. The average molecular weight is 284 g/mol. The highest BCUT2D eigenvalue weighted by Crippen LogP contribution is 2.27. The van der Waals surface area contributed by atoms with Gasteiger partial charge in [-0.15, -0.1) is 0 Å². The molecule has 0 bridgehead atoms. The van der Waals surface area contributed by atoms with Gasteiger partial charge in [0.1, 0.15) is 5.82 Å². The lowest BCUT2D eigenvalue weighted by atomic mass is 9.89. The molecule has 0 unspecified atom stereocenters. The molecule has 0 saturated heterocycles. The molecule has 1 aromatic rings. The smallest absolute Gasteiger partial charge is 0.232 e. The SMILES string of the molecule is CS(=O)(=O)N(CC1CCCCC1)c1c[c]cc(F)c1. The number of anilines is 1. The Kier molecular flexibility index (Phi) is 4.45. The fourth-order valence-electron chi connectivity index (χ4n) is 2.61. The van der Waals surface area contributed by atoms with Crippen LogP contribution in [0.2, 0.25) is 0 Å². The van der Waals surface area contributed by atoms with Crippen LogP contribution in [0.25, 0.3) is 0 Å². The summed E-state index contributed by atoms with van der Waals surface area (Å²) in [6.07, 6.45) is 6.79. The van der Waals surface area contributed by atoms with Gasteiger partial charge >= 0.3 is 0 Å². The quantitative estimate of drug-likeness (QED) is 0.852. The van der Waals surface area contributed by atoms with Crippen molar-refractivity contribution in [3.8, 4) is 0 Å². The maximum atomic E-state index is 13.2. The van der Waals surface area contributed by atoms with Gasteiger partial charge in [-0.05, 0) is 43.0 Å². The van der Waals surface area contributed by atoms with Crippen molar-refractivity contribution < 1.29 is 12.8 Å². The van der Waals surface area contributed by atoms with Crippen molar-refractivity contribution in [2.45, 2.75) is 32.1 Å². The second kappa shape index (κ2) is 5.90. The van der Waals surface area contributed by atoms with E-state index in [9.17, 15) is 12.8 Å². The largest absolute Gasteiger partial charge is 0.270 e. The van der Waals surface area contributed by atoms with Crippen LogP contribution in [0.1, 0.15) is 32.1 Å². The second-order valence-corrected chi connectivity index (χ2v) is 7.11. The lowest BCUT2D eigenvalue weighted by Crippen LogP contribution is -2.35. The van der Waals surface area contributed by atoms with Gasteiger partial charge in [0.25, 0.3) is 0 Å². The van der Waals surface area contributed by atoms with Crippen LogP contribution >= 0.6 is 0 Å². The van der Waals surface area contributed by atoms with E-state index >= 15 is 0 Å². The summed E-state index contributed by atoms with van der Waals surface area (Å²) in [6.45, 7) is 0.441. The number of hydrogen-bond donors (Lipinski definition) is 0. The van der Waals surface area contributed by atoms with Gasteiger partial charge in [-0.2, -0.15) is 0 Å². The molecule has 1 aliphatic carbocycles. The van der Waals surface area contributed by atoms with Crippen LogP contribution in [0.15, 0.2) is 18.2 Å². The molecule has 1 aliphatic rings. The molecule has 0 amide bonds. The molecule has 0 aromatic heterocycles. The second-order valence-electron chi connectivity index (χ2n) is 5.21. The number of benzene rings is 1. The van der Waals surface area contributed by atoms with E-state index in [1.165, 1.54) is 35.2 Å².